The Hall–Kier alpha value is -0.920. The van der Waals surface area contributed by atoms with Gasteiger partial charge >= 0.3 is 0 Å². The van der Waals surface area contributed by atoms with Gasteiger partial charge in [0.1, 0.15) is 0 Å². The van der Waals surface area contributed by atoms with Crippen LogP contribution in [0.25, 0.3) is 0 Å². The van der Waals surface area contributed by atoms with E-state index in [9.17, 15) is 8.42 Å². The van der Waals surface area contributed by atoms with Gasteiger partial charge in [-0.05, 0) is 32.4 Å². The Balaban J connectivity index is 1.83. The summed E-state index contributed by atoms with van der Waals surface area (Å²) in [4.78, 5) is 0. The Labute approximate surface area is 108 Å². The molecule has 2 rings (SSSR count). The molecule has 0 spiro atoms. The number of aromatic nitrogens is 2. The molecule has 1 aromatic heterocycles. The lowest BCUT2D eigenvalue weighted by Crippen LogP contribution is -2.41. The van der Waals surface area contributed by atoms with Crippen LogP contribution in [0.2, 0.25) is 0 Å². The summed E-state index contributed by atoms with van der Waals surface area (Å²) in [5.74, 6) is 0.163. The van der Waals surface area contributed by atoms with Gasteiger partial charge < -0.3 is 5.32 Å². The van der Waals surface area contributed by atoms with Crippen molar-refractivity contribution in [2.45, 2.75) is 38.4 Å². The van der Waals surface area contributed by atoms with Gasteiger partial charge in [0.05, 0.1) is 12.3 Å². The third-order valence-electron chi connectivity index (χ3n) is 2.98. The van der Waals surface area contributed by atoms with Crippen LogP contribution >= 0.6 is 0 Å². The number of nitrogens with zero attached hydrogens (tertiary/aromatic N) is 2. The molecule has 2 atom stereocenters. The van der Waals surface area contributed by atoms with E-state index in [0.29, 0.717) is 6.54 Å². The molecule has 1 saturated heterocycles. The molecule has 1 aliphatic heterocycles. The third kappa shape index (κ3) is 4.08. The van der Waals surface area contributed by atoms with Gasteiger partial charge in [0.2, 0.25) is 10.0 Å². The molecule has 0 radical (unpaired) electrons. The quantitative estimate of drug-likeness (QED) is 0.761. The van der Waals surface area contributed by atoms with Crippen molar-refractivity contribution in [3.05, 3.63) is 18.5 Å². The third-order valence-corrected chi connectivity index (χ3v) is 4.59. The van der Waals surface area contributed by atoms with Gasteiger partial charge in [0, 0.05) is 24.5 Å². The molecule has 7 heteroatoms. The monoisotopic (exact) mass is 272 g/mol. The van der Waals surface area contributed by atoms with Crippen LogP contribution in [0.15, 0.2) is 18.5 Å². The minimum atomic E-state index is -3.22. The van der Waals surface area contributed by atoms with Crippen LogP contribution in [-0.4, -0.2) is 42.6 Å². The van der Waals surface area contributed by atoms with E-state index in [1.54, 1.807) is 10.9 Å². The Morgan fingerprint density at radius 1 is 1.61 bits per heavy atom. The van der Waals surface area contributed by atoms with E-state index in [4.69, 9.17) is 0 Å². The molecule has 1 aromatic rings. The molecule has 2 heterocycles. The standard InChI is InChI=1S/C11H20N4O2S/c1-10(8-15-7-3-6-13-15)14-18(16,17)9-11-4-2-5-12-11/h3,6-7,10-12,14H,2,4-5,8-9H2,1H3. The van der Waals surface area contributed by atoms with E-state index in [2.05, 4.69) is 15.1 Å². The summed E-state index contributed by atoms with van der Waals surface area (Å²) >= 11 is 0. The predicted molar refractivity (Wildman–Crippen MR) is 69.6 cm³/mol. The van der Waals surface area contributed by atoms with Crippen molar-refractivity contribution in [1.82, 2.24) is 19.8 Å². The molecule has 0 saturated carbocycles. The highest BCUT2D eigenvalue weighted by Crippen LogP contribution is 2.07. The van der Waals surface area contributed by atoms with E-state index in [0.717, 1.165) is 19.4 Å². The lowest BCUT2D eigenvalue weighted by atomic mass is 10.3. The molecule has 2 N–H and O–H groups in total. The van der Waals surface area contributed by atoms with Gasteiger partial charge in [0.15, 0.2) is 0 Å². The number of sulfonamides is 1. The Bertz CT molecular complexity index is 451. The molecule has 0 amide bonds. The lowest BCUT2D eigenvalue weighted by molar-refractivity contribution is 0.490. The average Bonchev–Trinajstić information content (AvgIpc) is 2.88. The number of nitrogens with one attached hydrogen (secondary N) is 2. The van der Waals surface area contributed by atoms with E-state index in [1.165, 1.54) is 0 Å². The molecule has 0 aliphatic carbocycles. The van der Waals surface area contributed by atoms with Crippen molar-refractivity contribution in [3.63, 3.8) is 0 Å². The van der Waals surface area contributed by atoms with E-state index in [-0.39, 0.29) is 17.8 Å². The van der Waals surface area contributed by atoms with E-state index < -0.39 is 10.0 Å². The van der Waals surface area contributed by atoms with Crippen molar-refractivity contribution in [3.8, 4) is 0 Å². The molecule has 102 valence electrons. The maximum absolute atomic E-state index is 11.9. The highest BCUT2D eigenvalue weighted by Gasteiger charge is 2.23. The highest BCUT2D eigenvalue weighted by molar-refractivity contribution is 7.89. The fourth-order valence-corrected chi connectivity index (χ4v) is 3.84. The topological polar surface area (TPSA) is 76.0 Å². The van der Waals surface area contributed by atoms with Crippen molar-refractivity contribution in [2.24, 2.45) is 0 Å². The van der Waals surface area contributed by atoms with Gasteiger partial charge in [0.25, 0.3) is 0 Å². The molecular formula is C11H20N4O2S. The van der Waals surface area contributed by atoms with Crippen LogP contribution in [0.1, 0.15) is 19.8 Å². The Morgan fingerprint density at radius 2 is 2.44 bits per heavy atom. The van der Waals surface area contributed by atoms with Gasteiger partial charge in [-0.15, -0.1) is 0 Å². The van der Waals surface area contributed by atoms with Gasteiger partial charge in [-0.25, -0.2) is 13.1 Å². The maximum atomic E-state index is 11.9. The number of hydrogen-bond donors (Lipinski definition) is 2. The maximum Gasteiger partial charge on any atom is 0.213 e. The summed E-state index contributed by atoms with van der Waals surface area (Å²) in [6, 6.07) is 1.76. The number of hydrogen-bond acceptors (Lipinski definition) is 4. The van der Waals surface area contributed by atoms with Crippen LogP contribution in [0.4, 0.5) is 0 Å². The van der Waals surface area contributed by atoms with Crippen molar-refractivity contribution < 1.29 is 8.42 Å². The zero-order valence-corrected chi connectivity index (χ0v) is 11.4. The lowest BCUT2D eigenvalue weighted by Gasteiger charge is -2.16. The second-order valence-corrected chi connectivity index (χ2v) is 6.62. The average molecular weight is 272 g/mol. The molecule has 0 aromatic carbocycles. The minimum Gasteiger partial charge on any atom is -0.313 e. The Kier molecular flexibility index (Phi) is 4.36. The SMILES string of the molecule is CC(Cn1cccn1)NS(=O)(=O)CC1CCCN1. The van der Waals surface area contributed by atoms with Gasteiger partial charge in [-0.1, -0.05) is 0 Å². The van der Waals surface area contributed by atoms with Crippen LogP contribution < -0.4 is 10.0 Å². The van der Waals surface area contributed by atoms with Gasteiger partial charge in [-0.2, -0.15) is 5.10 Å². The second-order valence-electron chi connectivity index (χ2n) is 4.82. The molecule has 1 aliphatic rings. The predicted octanol–water partition coefficient (Wildman–Crippen LogP) is -0.0570. The van der Waals surface area contributed by atoms with Crippen LogP contribution in [0, 0.1) is 0 Å². The first-order chi connectivity index (χ1) is 8.55. The van der Waals surface area contributed by atoms with Crippen LogP contribution in [0.5, 0.6) is 0 Å². The van der Waals surface area contributed by atoms with Gasteiger partial charge in [-0.3, -0.25) is 4.68 Å². The summed E-state index contributed by atoms with van der Waals surface area (Å²) in [6.07, 6.45) is 5.50. The van der Waals surface area contributed by atoms with Crippen molar-refractivity contribution in [1.29, 1.82) is 0 Å². The van der Waals surface area contributed by atoms with Crippen LogP contribution in [0.3, 0.4) is 0 Å². The molecule has 6 nitrogen and oxygen atoms in total. The summed E-state index contributed by atoms with van der Waals surface area (Å²) in [6.45, 7) is 3.31. The van der Waals surface area contributed by atoms with Crippen molar-refractivity contribution in [2.75, 3.05) is 12.3 Å². The summed E-state index contributed by atoms with van der Waals surface area (Å²) in [7, 11) is -3.22. The zero-order chi connectivity index (χ0) is 13.0. The van der Waals surface area contributed by atoms with Crippen LogP contribution in [-0.2, 0) is 16.6 Å². The Morgan fingerprint density at radius 3 is 3.06 bits per heavy atom. The fourth-order valence-electron chi connectivity index (χ4n) is 2.24. The second kappa shape index (κ2) is 5.81. The number of rotatable bonds is 6. The first-order valence-corrected chi connectivity index (χ1v) is 7.91. The molecule has 18 heavy (non-hydrogen) atoms. The zero-order valence-electron chi connectivity index (χ0n) is 10.5. The summed E-state index contributed by atoms with van der Waals surface area (Å²) in [5, 5.41) is 7.25. The first kappa shape index (κ1) is 13.5. The molecule has 1 fully saturated rings. The summed E-state index contributed by atoms with van der Waals surface area (Å²) in [5.41, 5.74) is 0. The summed E-state index contributed by atoms with van der Waals surface area (Å²) < 4.78 is 28.3. The smallest absolute Gasteiger partial charge is 0.213 e. The minimum absolute atomic E-state index is 0.0967. The molecular weight excluding hydrogens is 252 g/mol. The first-order valence-electron chi connectivity index (χ1n) is 6.26. The van der Waals surface area contributed by atoms with E-state index >= 15 is 0 Å². The fraction of sp³-hybridized carbons (Fsp3) is 0.727. The van der Waals surface area contributed by atoms with Crippen molar-refractivity contribution >= 4 is 10.0 Å². The van der Waals surface area contributed by atoms with E-state index in [1.807, 2.05) is 19.2 Å². The molecule has 0 bridgehead atoms. The normalized spacial score (nSPS) is 22.2. The largest absolute Gasteiger partial charge is 0.313 e. The highest BCUT2D eigenvalue weighted by atomic mass is 32.2. The molecule has 2 unspecified atom stereocenters.